The third-order valence-corrected chi connectivity index (χ3v) is 4.83. The summed E-state index contributed by atoms with van der Waals surface area (Å²) in [5.74, 6) is 0.967. The number of sulfone groups is 1. The van der Waals surface area contributed by atoms with Crippen molar-refractivity contribution in [2.24, 2.45) is 0 Å². The lowest BCUT2D eigenvalue weighted by Gasteiger charge is -2.16. The van der Waals surface area contributed by atoms with Crippen LogP contribution in [-0.4, -0.2) is 42.0 Å². The number of fused-ring (bicyclic) bond motifs is 1. The Morgan fingerprint density at radius 1 is 1.15 bits per heavy atom. The number of imidazole rings is 1. The van der Waals surface area contributed by atoms with E-state index in [0.717, 1.165) is 16.8 Å². The molecule has 0 amide bonds. The molecule has 0 aliphatic carbocycles. The van der Waals surface area contributed by atoms with Crippen LogP contribution in [0.2, 0.25) is 0 Å². The molecule has 2 aromatic carbocycles. The highest BCUT2D eigenvalue weighted by Crippen LogP contribution is 2.19. The molecule has 0 saturated carbocycles. The molecule has 0 bridgehead atoms. The van der Waals surface area contributed by atoms with Crippen LogP contribution in [0.15, 0.2) is 48.5 Å². The third-order valence-electron chi connectivity index (χ3n) is 4.04. The Labute approximate surface area is 153 Å². The van der Waals surface area contributed by atoms with Gasteiger partial charge in [-0.3, -0.25) is 0 Å². The third kappa shape index (κ3) is 4.42. The van der Waals surface area contributed by atoms with Crippen LogP contribution in [0.1, 0.15) is 11.4 Å². The number of aromatic nitrogens is 2. The minimum absolute atomic E-state index is 0.107. The zero-order valence-corrected chi connectivity index (χ0v) is 15.6. The number of benzene rings is 2. The zero-order valence-electron chi connectivity index (χ0n) is 14.8. The molecule has 0 spiro atoms. The van der Waals surface area contributed by atoms with Gasteiger partial charge in [0.15, 0.2) is 9.84 Å². The van der Waals surface area contributed by atoms with Crippen molar-refractivity contribution in [2.45, 2.75) is 25.3 Å². The molecule has 3 rings (SSSR count). The van der Waals surface area contributed by atoms with Crippen molar-refractivity contribution < 1.29 is 18.3 Å². The monoisotopic (exact) mass is 374 g/mol. The van der Waals surface area contributed by atoms with Crippen LogP contribution < -0.4 is 4.74 Å². The van der Waals surface area contributed by atoms with Crippen molar-refractivity contribution in [1.29, 1.82) is 0 Å². The van der Waals surface area contributed by atoms with Crippen molar-refractivity contribution in [3.8, 4) is 5.75 Å². The Morgan fingerprint density at radius 3 is 2.58 bits per heavy atom. The molecule has 0 aliphatic heterocycles. The summed E-state index contributed by atoms with van der Waals surface area (Å²) in [6.45, 7) is 2.25. The van der Waals surface area contributed by atoms with E-state index in [9.17, 15) is 13.5 Å². The number of para-hydroxylation sites is 3. The summed E-state index contributed by atoms with van der Waals surface area (Å²) in [5, 5.41) is 10.4. The largest absolute Gasteiger partial charge is 0.491 e. The van der Waals surface area contributed by atoms with Crippen LogP contribution in [0.5, 0.6) is 5.75 Å². The van der Waals surface area contributed by atoms with Crippen LogP contribution >= 0.6 is 0 Å². The molecular formula is C19H22N2O4S. The molecular weight excluding hydrogens is 352 g/mol. The topological polar surface area (TPSA) is 81.4 Å². The van der Waals surface area contributed by atoms with Crippen LogP contribution in [0.25, 0.3) is 11.0 Å². The highest BCUT2D eigenvalue weighted by atomic mass is 32.2. The van der Waals surface area contributed by atoms with E-state index in [-0.39, 0.29) is 18.9 Å². The standard InChI is InChI=1S/C19H22N2O4S/c1-14-7-3-6-10-18(14)25-12-15(22)11-21-17-9-5-4-8-16(17)20-19(21)13-26(2,23)24/h3-10,15,22H,11-13H2,1-2H3/t15-/m0/s1. The Bertz CT molecular complexity index is 1010. The molecule has 26 heavy (non-hydrogen) atoms. The van der Waals surface area contributed by atoms with Gasteiger partial charge in [-0.1, -0.05) is 30.3 Å². The molecule has 1 aromatic heterocycles. The molecule has 0 fully saturated rings. The van der Waals surface area contributed by atoms with Gasteiger partial charge in [-0.2, -0.15) is 0 Å². The summed E-state index contributed by atoms with van der Waals surface area (Å²) < 4.78 is 30.9. The van der Waals surface area contributed by atoms with Gasteiger partial charge in [0.25, 0.3) is 0 Å². The average Bonchev–Trinajstić information content (AvgIpc) is 2.90. The first-order chi connectivity index (χ1) is 12.3. The maximum atomic E-state index is 11.7. The predicted molar refractivity (Wildman–Crippen MR) is 101 cm³/mol. The number of hydrogen-bond acceptors (Lipinski definition) is 5. The van der Waals surface area contributed by atoms with E-state index < -0.39 is 15.9 Å². The first-order valence-electron chi connectivity index (χ1n) is 8.32. The molecule has 0 aliphatic rings. The van der Waals surface area contributed by atoms with Gasteiger partial charge >= 0.3 is 0 Å². The van der Waals surface area contributed by atoms with Crippen molar-refractivity contribution in [3.63, 3.8) is 0 Å². The van der Waals surface area contributed by atoms with Gasteiger partial charge in [0.05, 0.1) is 17.6 Å². The first-order valence-corrected chi connectivity index (χ1v) is 10.4. The number of aliphatic hydroxyl groups is 1. The number of aryl methyl sites for hydroxylation is 1. The van der Waals surface area contributed by atoms with E-state index in [4.69, 9.17) is 4.74 Å². The maximum Gasteiger partial charge on any atom is 0.154 e. The van der Waals surface area contributed by atoms with Crippen molar-refractivity contribution in [3.05, 3.63) is 59.9 Å². The minimum atomic E-state index is -3.24. The summed E-state index contributed by atoms with van der Waals surface area (Å²) >= 11 is 0. The Kier molecular flexibility index (Phi) is 5.29. The van der Waals surface area contributed by atoms with Crippen LogP contribution in [-0.2, 0) is 22.1 Å². The second kappa shape index (κ2) is 7.47. The highest BCUT2D eigenvalue weighted by molar-refractivity contribution is 7.89. The maximum absolute atomic E-state index is 11.7. The summed E-state index contributed by atoms with van der Waals surface area (Å²) in [6.07, 6.45) is 0.375. The Morgan fingerprint density at radius 2 is 1.85 bits per heavy atom. The molecule has 3 aromatic rings. The average molecular weight is 374 g/mol. The van der Waals surface area contributed by atoms with Gasteiger partial charge in [0, 0.05) is 6.26 Å². The van der Waals surface area contributed by atoms with Gasteiger partial charge in [0.1, 0.15) is 30.0 Å². The summed E-state index contributed by atoms with van der Waals surface area (Å²) in [4.78, 5) is 4.42. The molecule has 6 nitrogen and oxygen atoms in total. The summed E-state index contributed by atoms with van der Waals surface area (Å²) in [6, 6.07) is 15.0. The quantitative estimate of drug-likeness (QED) is 0.686. The smallest absolute Gasteiger partial charge is 0.154 e. The number of rotatable bonds is 7. The predicted octanol–water partition coefficient (Wildman–Crippen LogP) is 2.33. The summed E-state index contributed by atoms with van der Waals surface area (Å²) in [7, 11) is -3.24. The number of aliphatic hydroxyl groups excluding tert-OH is 1. The molecule has 1 heterocycles. The van der Waals surface area contributed by atoms with E-state index >= 15 is 0 Å². The Balaban J connectivity index is 1.80. The van der Waals surface area contributed by atoms with E-state index in [2.05, 4.69) is 4.98 Å². The highest BCUT2D eigenvalue weighted by Gasteiger charge is 2.18. The first kappa shape index (κ1) is 18.4. The molecule has 138 valence electrons. The van der Waals surface area contributed by atoms with Gasteiger partial charge in [-0.15, -0.1) is 0 Å². The fourth-order valence-electron chi connectivity index (χ4n) is 2.84. The minimum Gasteiger partial charge on any atom is -0.491 e. The van der Waals surface area contributed by atoms with Crippen molar-refractivity contribution >= 4 is 20.9 Å². The van der Waals surface area contributed by atoms with Gasteiger partial charge in [0.2, 0.25) is 0 Å². The summed E-state index contributed by atoms with van der Waals surface area (Å²) in [5.41, 5.74) is 2.49. The lowest BCUT2D eigenvalue weighted by Crippen LogP contribution is -2.25. The molecule has 1 atom stereocenters. The molecule has 0 saturated heterocycles. The van der Waals surface area contributed by atoms with E-state index in [1.807, 2.05) is 55.5 Å². The molecule has 7 heteroatoms. The number of nitrogens with zero attached hydrogens (tertiary/aromatic N) is 2. The van der Waals surface area contributed by atoms with Gasteiger partial charge in [-0.05, 0) is 30.7 Å². The molecule has 1 N–H and O–H groups in total. The number of hydrogen-bond donors (Lipinski definition) is 1. The van der Waals surface area contributed by atoms with Gasteiger partial charge in [-0.25, -0.2) is 13.4 Å². The lowest BCUT2D eigenvalue weighted by atomic mass is 10.2. The van der Waals surface area contributed by atoms with Crippen LogP contribution in [0.4, 0.5) is 0 Å². The lowest BCUT2D eigenvalue weighted by molar-refractivity contribution is 0.0925. The fourth-order valence-corrected chi connectivity index (χ4v) is 3.53. The fraction of sp³-hybridized carbons (Fsp3) is 0.316. The van der Waals surface area contributed by atoms with E-state index in [0.29, 0.717) is 11.3 Å². The van der Waals surface area contributed by atoms with Crippen LogP contribution in [0.3, 0.4) is 0 Å². The zero-order chi connectivity index (χ0) is 18.7. The van der Waals surface area contributed by atoms with Crippen molar-refractivity contribution in [2.75, 3.05) is 12.9 Å². The normalized spacial score (nSPS) is 13.0. The Hall–Kier alpha value is -2.38. The molecule has 0 unspecified atom stereocenters. The van der Waals surface area contributed by atoms with E-state index in [1.165, 1.54) is 6.26 Å². The van der Waals surface area contributed by atoms with Crippen LogP contribution in [0, 0.1) is 6.92 Å². The number of ether oxygens (including phenoxy) is 1. The van der Waals surface area contributed by atoms with Gasteiger partial charge < -0.3 is 14.4 Å². The second-order valence-electron chi connectivity index (χ2n) is 6.43. The molecule has 0 radical (unpaired) electrons. The van der Waals surface area contributed by atoms with E-state index in [1.54, 1.807) is 4.57 Å². The second-order valence-corrected chi connectivity index (χ2v) is 8.57. The van der Waals surface area contributed by atoms with Crippen molar-refractivity contribution in [1.82, 2.24) is 9.55 Å². The SMILES string of the molecule is Cc1ccccc1OC[C@@H](O)Cn1c(CS(C)(=O)=O)nc2ccccc21.